The van der Waals surface area contributed by atoms with Gasteiger partial charge in [0, 0.05) is 12.6 Å². The van der Waals surface area contributed by atoms with Gasteiger partial charge in [0.05, 0.1) is 0 Å². The van der Waals surface area contributed by atoms with Crippen molar-refractivity contribution >= 4 is 0 Å². The zero-order valence-corrected chi connectivity index (χ0v) is 13.8. The standard InChI is InChI=1S/C20H31N/c1-3-20(13-18-9-10-19(11-18)14-20)12-16(2)21-15-17-7-5-4-6-8-17/h4-8,16,18-19,21H,3,9-15H2,1-2H3/t16?,18-,19?,20?/m0/s1. The summed E-state index contributed by atoms with van der Waals surface area (Å²) in [6.45, 7) is 5.82. The van der Waals surface area contributed by atoms with E-state index in [0.717, 1.165) is 18.4 Å². The van der Waals surface area contributed by atoms with Crippen molar-refractivity contribution in [3.05, 3.63) is 35.9 Å². The first-order valence-electron chi connectivity index (χ1n) is 8.96. The normalized spacial score (nSPS) is 33.0. The van der Waals surface area contributed by atoms with Crippen LogP contribution in [-0.2, 0) is 6.54 Å². The third-order valence-corrected chi connectivity index (χ3v) is 6.08. The van der Waals surface area contributed by atoms with Gasteiger partial charge >= 0.3 is 0 Å². The summed E-state index contributed by atoms with van der Waals surface area (Å²) in [7, 11) is 0. The lowest BCUT2D eigenvalue weighted by Gasteiger charge is -2.42. The van der Waals surface area contributed by atoms with Gasteiger partial charge in [0.1, 0.15) is 0 Å². The summed E-state index contributed by atoms with van der Waals surface area (Å²) in [5.41, 5.74) is 2.03. The van der Waals surface area contributed by atoms with Crippen molar-refractivity contribution in [1.29, 1.82) is 0 Å². The lowest BCUT2D eigenvalue weighted by atomic mass is 9.65. The van der Waals surface area contributed by atoms with Crippen molar-refractivity contribution in [1.82, 2.24) is 5.32 Å². The fraction of sp³-hybridized carbons (Fsp3) is 0.700. The molecular formula is C20H31N. The van der Waals surface area contributed by atoms with Crippen LogP contribution in [0.25, 0.3) is 0 Å². The number of benzene rings is 1. The number of nitrogens with one attached hydrogen (secondary N) is 1. The highest BCUT2D eigenvalue weighted by Crippen LogP contribution is 2.54. The molecule has 2 aliphatic rings. The van der Waals surface area contributed by atoms with Gasteiger partial charge < -0.3 is 5.32 Å². The van der Waals surface area contributed by atoms with Gasteiger partial charge in [0.15, 0.2) is 0 Å². The Labute approximate surface area is 130 Å². The van der Waals surface area contributed by atoms with Crippen LogP contribution in [0.5, 0.6) is 0 Å². The fourth-order valence-corrected chi connectivity index (χ4v) is 5.07. The lowest BCUT2D eigenvalue weighted by molar-refractivity contribution is 0.100. The van der Waals surface area contributed by atoms with E-state index in [-0.39, 0.29) is 0 Å². The van der Waals surface area contributed by atoms with E-state index in [1.54, 1.807) is 0 Å². The van der Waals surface area contributed by atoms with Crippen LogP contribution in [0.2, 0.25) is 0 Å². The highest BCUT2D eigenvalue weighted by atomic mass is 14.9. The molecule has 1 heteroatoms. The molecule has 0 aliphatic heterocycles. The Morgan fingerprint density at radius 2 is 1.81 bits per heavy atom. The molecule has 0 radical (unpaired) electrons. The molecule has 2 fully saturated rings. The molecule has 1 nitrogen and oxygen atoms in total. The van der Waals surface area contributed by atoms with E-state index >= 15 is 0 Å². The number of hydrogen-bond donors (Lipinski definition) is 1. The molecule has 3 rings (SSSR count). The Morgan fingerprint density at radius 3 is 2.43 bits per heavy atom. The van der Waals surface area contributed by atoms with E-state index in [0.29, 0.717) is 11.5 Å². The molecule has 0 heterocycles. The molecular weight excluding hydrogens is 254 g/mol. The summed E-state index contributed by atoms with van der Waals surface area (Å²) in [5, 5.41) is 3.76. The monoisotopic (exact) mass is 285 g/mol. The van der Waals surface area contributed by atoms with Gasteiger partial charge in [-0.05, 0) is 55.4 Å². The van der Waals surface area contributed by atoms with Gasteiger partial charge in [-0.25, -0.2) is 0 Å². The van der Waals surface area contributed by atoms with E-state index in [1.807, 2.05) is 0 Å². The molecule has 2 saturated carbocycles. The summed E-state index contributed by atoms with van der Waals surface area (Å²) in [6.07, 6.45) is 10.3. The van der Waals surface area contributed by atoms with Crippen LogP contribution in [0.3, 0.4) is 0 Å². The van der Waals surface area contributed by atoms with E-state index in [9.17, 15) is 0 Å². The molecule has 4 atom stereocenters. The highest BCUT2D eigenvalue weighted by Gasteiger charge is 2.43. The van der Waals surface area contributed by atoms with Crippen LogP contribution in [0.1, 0.15) is 64.4 Å². The van der Waals surface area contributed by atoms with Crippen LogP contribution in [0, 0.1) is 17.3 Å². The largest absolute Gasteiger partial charge is 0.310 e. The van der Waals surface area contributed by atoms with Gasteiger partial charge in [0.2, 0.25) is 0 Å². The summed E-state index contributed by atoms with van der Waals surface area (Å²) in [5.74, 6) is 2.09. The molecule has 1 aromatic rings. The Bertz CT molecular complexity index is 426. The van der Waals surface area contributed by atoms with Gasteiger partial charge in [0.25, 0.3) is 0 Å². The van der Waals surface area contributed by atoms with Crippen molar-refractivity contribution in [3.63, 3.8) is 0 Å². The van der Waals surface area contributed by atoms with Crippen LogP contribution in [-0.4, -0.2) is 6.04 Å². The second kappa shape index (κ2) is 6.52. The topological polar surface area (TPSA) is 12.0 Å². The quantitative estimate of drug-likeness (QED) is 0.761. The molecule has 0 saturated heterocycles. The lowest BCUT2D eigenvalue weighted by Crippen LogP contribution is -2.37. The maximum atomic E-state index is 3.76. The van der Waals surface area contributed by atoms with Crippen LogP contribution in [0.15, 0.2) is 30.3 Å². The smallest absolute Gasteiger partial charge is 0.0207 e. The molecule has 0 spiro atoms. The highest BCUT2D eigenvalue weighted by molar-refractivity contribution is 5.14. The molecule has 1 N–H and O–H groups in total. The number of hydrogen-bond acceptors (Lipinski definition) is 1. The second-order valence-electron chi connectivity index (χ2n) is 7.78. The summed E-state index contributed by atoms with van der Waals surface area (Å²) in [6, 6.07) is 11.4. The van der Waals surface area contributed by atoms with Crippen molar-refractivity contribution in [2.45, 2.75) is 71.4 Å². The van der Waals surface area contributed by atoms with E-state index in [4.69, 9.17) is 0 Å². The first kappa shape index (κ1) is 15.1. The number of rotatable bonds is 6. The van der Waals surface area contributed by atoms with Crippen molar-refractivity contribution in [3.8, 4) is 0 Å². The Morgan fingerprint density at radius 1 is 1.14 bits per heavy atom. The molecule has 116 valence electrons. The molecule has 2 bridgehead atoms. The maximum absolute atomic E-state index is 3.76. The first-order chi connectivity index (χ1) is 10.2. The minimum atomic E-state index is 0.627. The predicted octanol–water partition coefficient (Wildman–Crippen LogP) is 5.16. The Hall–Kier alpha value is -0.820. The van der Waals surface area contributed by atoms with Gasteiger partial charge in [-0.1, -0.05) is 56.5 Å². The number of fused-ring (bicyclic) bond motifs is 2. The van der Waals surface area contributed by atoms with Crippen molar-refractivity contribution < 1.29 is 0 Å². The minimum Gasteiger partial charge on any atom is -0.310 e. The van der Waals surface area contributed by atoms with E-state index < -0.39 is 0 Å². The van der Waals surface area contributed by atoms with Gasteiger partial charge in [-0.3, -0.25) is 0 Å². The molecule has 0 amide bonds. The van der Waals surface area contributed by atoms with Gasteiger partial charge in [-0.2, -0.15) is 0 Å². The zero-order chi connectivity index (χ0) is 14.7. The van der Waals surface area contributed by atoms with Crippen molar-refractivity contribution in [2.24, 2.45) is 17.3 Å². The Balaban J connectivity index is 1.54. The molecule has 1 aromatic carbocycles. The Kier molecular flexibility index (Phi) is 4.69. The molecule has 0 aromatic heterocycles. The second-order valence-corrected chi connectivity index (χ2v) is 7.78. The maximum Gasteiger partial charge on any atom is 0.0207 e. The van der Waals surface area contributed by atoms with E-state index in [1.165, 1.54) is 50.5 Å². The van der Waals surface area contributed by atoms with Crippen LogP contribution >= 0.6 is 0 Å². The third-order valence-electron chi connectivity index (χ3n) is 6.08. The molecule has 21 heavy (non-hydrogen) atoms. The first-order valence-corrected chi connectivity index (χ1v) is 8.96. The van der Waals surface area contributed by atoms with Crippen molar-refractivity contribution in [2.75, 3.05) is 0 Å². The summed E-state index contributed by atoms with van der Waals surface area (Å²) in [4.78, 5) is 0. The van der Waals surface area contributed by atoms with E-state index in [2.05, 4.69) is 49.5 Å². The predicted molar refractivity (Wildman–Crippen MR) is 90.1 cm³/mol. The molecule has 3 unspecified atom stereocenters. The average molecular weight is 285 g/mol. The average Bonchev–Trinajstić information content (AvgIpc) is 2.86. The summed E-state index contributed by atoms with van der Waals surface area (Å²) >= 11 is 0. The van der Waals surface area contributed by atoms with Gasteiger partial charge in [-0.15, -0.1) is 0 Å². The fourth-order valence-electron chi connectivity index (χ4n) is 5.07. The summed E-state index contributed by atoms with van der Waals surface area (Å²) < 4.78 is 0. The molecule has 2 aliphatic carbocycles. The van der Waals surface area contributed by atoms with Crippen LogP contribution < -0.4 is 5.32 Å². The van der Waals surface area contributed by atoms with Crippen LogP contribution in [0.4, 0.5) is 0 Å². The third kappa shape index (κ3) is 3.69. The minimum absolute atomic E-state index is 0.627. The zero-order valence-electron chi connectivity index (χ0n) is 13.8. The SMILES string of the molecule is CCC1(CC(C)NCc2ccccc2)CC2CC[C@@H](C2)C1.